The molecule has 0 aliphatic heterocycles. The number of phenols is 1. The molecule has 2 aromatic carbocycles. The summed E-state index contributed by atoms with van der Waals surface area (Å²) in [6.45, 7) is 9.43. The van der Waals surface area contributed by atoms with Gasteiger partial charge in [0.2, 0.25) is 0 Å². The molecule has 22 heavy (non-hydrogen) atoms. The predicted octanol–water partition coefficient (Wildman–Crippen LogP) is 4.79. The van der Waals surface area contributed by atoms with E-state index in [2.05, 4.69) is 0 Å². The highest BCUT2D eigenvalue weighted by molar-refractivity contribution is 7.69. The van der Waals surface area contributed by atoms with E-state index in [4.69, 9.17) is 4.52 Å². The molecule has 0 fully saturated rings. The minimum absolute atomic E-state index is 0.0194. The highest BCUT2D eigenvalue weighted by Gasteiger charge is 2.43. The van der Waals surface area contributed by atoms with E-state index in [1.54, 1.807) is 18.2 Å². The maximum atomic E-state index is 13.7. The van der Waals surface area contributed by atoms with Crippen LogP contribution in [0.25, 0.3) is 0 Å². The number of aromatic hydroxyl groups is 1. The van der Waals surface area contributed by atoms with Crippen LogP contribution in [0.4, 0.5) is 0 Å². The van der Waals surface area contributed by atoms with Gasteiger partial charge in [-0.2, -0.15) is 0 Å². The zero-order valence-electron chi connectivity index (χ0n) is 13.8. The molecule has 0 aliphatic carbocycles. The van der Waals surface area contributed by atoms with Crippen molar-refractivity contribution in [1.29, 1.82) is 0 Å². The zero-order chi connectivity index (χ0) is 16.5. The van der Waals surface area contributed by atoms with Crippen LogP contribution in [0.15, 0.2) is 42.5 Å². The molecule has 0 aliphatic rings. The lowest BCUT2D eigenvalue weighted by atomic mass is 10.2. The van der Waals surface area contributed by atoms with Crippen LogP contribution in [0.1, 0.15) is 31.9 Å². The van der Waals surface area contributed by atoms with Gasteiger partial charge < -0.3 is 9.63 Å². The molecule has 0 radical (unpaired) electrons. The molecule has 0 amide bonds. The lowest BCUT2D eigenvalue weighted by molar-refractivity contribution is 0.452. The van der Waals surface area contributed by atoms with E-state index in [0.717, 1.165) is 11.1 Å². The maximum absolute atomic E-state index is 13.7. The molecule has 0 aromatic heterocycles. The summed E-state index contributed by atoms with van der Waals surface area (Å²) in [4.78, 5) is 0. The van der Waals surface area contributed by atoms with Crippen LogP contribution in [-0.2, 0) is 4.57 Å². The summed E-state index contributed by atoms with van der Waals surface area (Å²) in [5.74, 6) is 0.573. The normalized spacial score (nSPS) is 14.4. The van der Waals surface area contributed by atoms with E-state index in [1.807, 2.05) is 58.9 Å². The third-order valence-corrected chi connectivity index (χ3v) is 6.80. The second-order valence-corrected chi connectivity index (χ2v) is 9.73. The first-order valence-corrected chi connectivity index (χ1v) is 8.92. The SMILES string of the molecule is Cc1cccc(OP(=O)(c2ccc(C)cc2O)C(C)(C)C)c1. The molecule has 0 saturated heterocycles. The van der Waals surface area contributed by atoms with Gasteiger partial charge in [-0.25, -0.2) is 0 Å². The Kier molecular flexibility index (Phi) is 4.39. The fourth-order valence-electron chi connectivity index (χ4n) is 2.25. The number of aryl methyl sites for hydroxylation is 2. The Morgan fingerprint density at radius 3 is 2.18 bits per heavy atom. The number of benzene rings is 2. The summed E-state index contributed by atoms with van der Waals surface area (Å²) in [6, 6.07) is 12.6. The number of phenolic OH excluding ortho intramolecular Hbond substituents is 1. The summed E-state index contributed by atoms with van der Waals surface area (Å²) in [7, 11) is -3.30. The first-order valence-electron chi connectivity index (χ1n) is 7.30. The third kappa shape index (κ3) is 3.20. The Morgan fingerprint density at radius 2 is 1.64 bits per heavy atom. The van der Waals surface area contributed by atoms with Crippen molar-refractivity contribution in [2.45, 2.75) is 39.8 Å². The van der Waals surface area contributed by atoms with Crippen LogP contribution in [0.3, 0.4) is 0 Å². The maximum Gasteiger partial charge on any atom is 0.286 e. The van der Waals surface area contributed by atoms with Crippen LogP contribution >= 0.6 is 7.37 Å². The topological polar surface area (TPSA) is 46.5 Å². The summed E-state index contributed by atoms with van der Waals surface area (Å²) < 4.78 is 19.6. The molecule has 0 spiro atoms. The van der Waals surface area contributed by atoms with Gasteiger partial charge in [-0.3, -0.25) is 4.57 Å². The van der Waals surface area contributed by atoms with Crippen molar-refractivity contribution in [1.82, 2.24) is 0 Å². The first-order chi connectivity index (χ1) is 10.1. The van der Waals surface area contributed by atoms with Crippen LogP contribution in [-0.4, -0.2) is 10.3 Å². The number of rotatable bonds is 3. The van der Waals surface area contributed by atoms with Gasteiger partial charge in [0.15, 0.2) is 0 Å². The molecular formula is C18H23O3P. The quantitative estimate of drug-likeness (QED) is 0.828. The number of hydrogen-bond acceptors (Lipinski definition) is 3. The Bertz CT molecular complexity index is 729. The molecule has 1 atom stereocenters. The van der Waals surface area contributed by atoms with Gasteiger partial charge in [-0.1, -0.05) is 18.2 Å². The molecule has 2 aromatic rings. The van der Waals surface area contributed by atoms with Gasteiger partial charge in [0.05, 0.1) is 10.5 Å². The van der Waals surface area contributed by atoms with Crippen LogP contribution in [0, 0.1) is 13.8 Å². The van der Waals surface area contributed by atoms with Crippen LogP contribution in [0.5, 0.6) is 11.5 Å². The van der Waals surface area contributed by atoms with Gasteiger partial charge in [-0.05, 0) is 70.0 Å². The smallest absolute Gasteiger partial charge is 0.286 e. The fourth-order valence-corrected chi connectivity index (χ4v) is 4.39. The lowest BCUT2D eigenvalue weighted by Gasteiger charge is -2.31. The standard InChI is InChI=1S/C18H23O3P/c1-13-7-6-8-15(11-13)21-22(20,18(3,4)5)17-10-9-14(2)12-16(17)19/h6-12,19H,1-5H3. The summed E-state index contributed by atoms with van der Waals surface area (Å²) >= 11 is 0. The van der Waals surface area contributed by atoms with Crippen LogP contribution < -0.4 is 9.83 Å². The average Bonchev–Trinajstić information content (AvgIpc) is 2.36. The Labute approximate surface area is 132 Å². The molecule has 2 rings (SSSR count). The number of hydrogen-bond donors (Lipinski definition) is 1. The summed E-state index contributed by atoms with van der Waals surface area (Å²) in [6.07, 6.45) is 0. The minimum Gasteiger partial charge on any atom is -0.507 e. The highest BCUT2D eigenvalue weighted by Crippen LogP contribution is 2.58. The minimum atomic E-state index is -3.30. The fraction of sp³-hybridized carbons (Fsp3) is 0.333. The van der Waals surface area contributed by atoms with Crippen molar-refractivity contribution in [3.05, 3.63) is 53.6 Å². The van der Waals surface area contributed by atoms with Gasteiger partial charge in [0, 0.05) is 0 Å². The van der Waals surface area contributed by atoms with E-state index in [0.29, 0.717) is 11.1 Å². The molecule has 1 unspecified atom stereocenters. The van der Waals surface area contributed by atoms with Crippen molar-refractivity contribution >= 4 is 12.7 Å². The van der Waals surface area contributed by atoms with Crippen LogP contribution in [0.2, 0.25) is 0 Å². The van der Waals surface area contributed by atoms with Gasteiger partial charge in [0.1, 0.15) is 11.5 Å². The second-order valence-electron chi connectivity index (χ2n) is 6.62. The van der Waals surface area contributed by atoms with E-state index >= 15 is 0 Å². The second kappa shape index (κ2) is 5.81. The predicted molar refractivity (Wildman–Crippen MR) is 91.6 cm³/mol. The van der Waals surface area contributed by atoms with Gasteiger partial charge in [0.25, 0.3) is 7.37 Å². The van der Waals surface area contributed by atoms with Crippen molar-refractivity contribution in [2.75, 3.05) is 0 Å². The van der Waals surface area contributed by atoms with E-state index in [-0.39, 0.29) is 5.75 Å². The van der Waals surface area contributed by atoms with E-state index in [9.17, 15) is 9.67 Å². The van der Waals surface area contributed by atoms with E-state index in [1.165, 1.54) is 0 Å². The van der Waals surface area contributed by atoms with Crippen molar-refractivity contribution < 1.29 is 14.2 Å². The molecule has 4 heteroatoms. The van der Waals surface area contributed by atoms with Gasteiger partial charge >= 0.3 is 0 Å². The average molecular weight is 318 g/mol. The summed E-state index contributed by atoms with van der Waals surface area (Å²) in [5.41, 5.74) is 1.95. The molecule has 0 heterocycles. The first kappa shape index (κ1) is 16.6. The molecular weight excluding hydrogens is 295 g/mol. The highest BCUT2D eigenvalue weighted by atomic mass is 31.2. The third-order valence-electron chi connectivity index (χ3n) is 3.55. The van der Waals surface area contributed by atoms with Gasteiger partial charge in [-0.15, -0.1) is 0 Å². The molecule has 1 N–H and O–H groups in total. The molecule has 0 saturated carbocycles. The molecule has 3 nitrogen and oxygen atoms in total. The molecule has 0 bridgehead atoms. The largest absolute Gasteiger partial charge is 0.507 e. The Morgan fingerprint density at radius 1 is 1.00 bits per heavy atom. The lowest BCUT2D eigenvalue weighted by Crippen LogP contribution is -2.27. The zero-order valence-corrected chi connectivity index (χ0v) is 14.6. The molecule has 118 valence electrons. The van der Waals surface area contributed by atoms with Crippen molar-refractivity contribution in [3.63, 3.8) is 0 Å². The Hall–Kier alpha value is -1.73. The Balaban J connectivity index is 2.56. The van der Waals surface area contributed by atoms with Crippen molar-refractivity contribution in [3.8, 4) is 11.5 Å². The summed E-state index contributed by atoms with van der Waals surface area (Å²) in [5, 5.41) is 10.0. The van der Waals surface area contributed by atoms with E-state index < -0.39 is 12.5 Å². The monoisotopic (exact) mass is 318 g/mol. The van der Waals surface area contributed by atoms with Crippen molar-refractivity contribution in [2.24, 2.45) is 0 Å².